The monoisotopic (exact) mass is 549 g/mol. The van der Waals surface area contributed by atoms with Gasteiger partial charge in [-0.15, -0.1) is 11.3 Å². The Morgan fingerprint density at radius 3 is 2.51 bits per heavy atom. The van der Waals surface area contributed by atoms with Gasteiger partial charge in [-0.1, -0.05) is 6.58 Å². The van der Waals surface area contributed by atoms with E-state index in [-0.39, 0.29) is 23.9 Å². The Kier molecular flexibility index (Phi) is 8.16. The molecule has 1 saturated heterocycles. The van der Waals surface area contributed by atoms with Crippen LogP contribution in [0.25, 0.3) is 10.2 Å². The molecule has 11 heteroatoms. The number of hydrogen-bond donors (Lipinski definition) is 3. The molecule has 0 bridgehead atoms. The third-order valence-electron chi connectivity index (χ3n) is 7.43. The van der Waals surface area contributed by atoms with E-state index < -0.39 is 0 Å². The summed E-state index contributed by atoms with van der Waals surface area (Å²) in [5.74, 6) is 2.02. The van der Waals surface area contributed by atoms with Crippen molar-refractivity contribution in [1.82, 2.24) is 20.2 Å². The molecule has 1 aromatic carbocycles. The van der Waals surface area contributed by atoms with E-state index in [2.05, 4.69) is 33.5 Å². The highest BCUT2D eigenvalue weighted by molar-refractivity contribution is 7.17. The van der Waals surface area contributed by atoms with Crippen LogP contribution in [0.2, 0.25) is 0 Å². The van der Waals surface area contributed by atoms with E-state index >= 15 is 0 Å². The van der Waals surface area contributed by atoms with E-state index in [0.29, 0.717) is 24.8 Å². The quantitative estimate of drug-likeness (QED) is 0.360. The van der Waals surface area contributed by atoms with Crippen LogP contribution in [0.1, 0.15) is 32.6 Å². The Hall–Kier alpha value is -3.86. The molecule has 0 spiro atoms. The van der Waals surface area contributed by atoms with Crippen LogP contribution in [0.4, 0.5) is 23.1 Å². The molecule has 0 unspecified atom stereocenters. The first-order chi connectivity index (χ1) is 18.9. The number of nitrogens with zero attached hydrogens (tertiary/aromatic N) is 4. The zero-order valence-corrected chi connectivity index (χ0v) is 23.2. The van der Waals surface area contributed by atoms with Crippen LogP contribution in [-0.4, -0.2) is 72.1 Å². The van der Waals surface area contributed by atoms with Gasteiger partial charge < -0.3 is 30.5 Å². The van der Waals surface area contributed by atoms with Crippen molar-refractivity contribution in [3.8, 4) is 5.75 Å². The summed E-state index contributed by atoms with van der Waals surface area (Å²) in [5.41, 5.74) is 2.71. The maximum Gasteiger partial charge on any atom is 0.243 e. The molecule has 1 aliphatic heterocycles. The van der Waals surface area contributed by atoms with Crippen LogP contribution in [0.5, 0.6) is 5.75 Å². The lowest BCUT2D eigenvalue weighted by Gasteiger charge is -2.35. The first-order valence-electron chi connectivity index (χ1n) is 13.3. The number of benzene rings is 1. The van der Waals surface area contributed by atoms with E-state index in [1.54, 1.807) is 25.4 Å². The summed E-state index contributed by atoms with van der Waals surface area (Å²) >= 11 is 1.62. The fraction of sp³-hybridized carbons (Fsp3) is 0.429. The molecule has 206 valence electrons. The van der Waals surface area contributed by atoms with E-state index in [4.69, 9.17) is 14.7 Å². The summed E-state index contributed by atoms with van der Waals surface area (Å²) in [6.45, 7) is 8.15. The topological polar surface area (TPSA) is 112 Å². The Labute approximate surface area is 232 Å². The number of aromatic nitrogens is 2. The van der Waals surface area contributed by atoms with E-state index in [0.717, 1.165) is 66.2 Å². The fourth-order valence-electron chi connectivity index (χ4n) is 5.23. The zero-order valence-electron chi connectivity index (χ0n) is 22.4. The van der Waals surface area contributed by atoms with Crippen LogP contribution >= 0.6 is 11.3 Å². The van der Waals surface area contributed by atoms with Crippen LogP contribution in [0.3, 0.4) is 0 Å². The number of carbonyl (C=O) groups is 2. The lowest BCUT2D eigenvalue weighted by Crippen LogP contribution is -2.48. The summed E-state index contributed by atoms with van der Waals surface area (Å²) in [5, 5.41) is 12.0. The maximum atomic E-state index is 11.7. The second-order valence-electron chi connectivity index (χ2n) is 9.94. The highest BCUT2D eigenvalue weighted by atomic mass is 32.1. The van der Waals surface area contributed by atoms with Crippen molar-refractivity contribution >= 4 is 56.5 Å². The first kappa shape index (κ1) is 26.7. The van der Waals surface area contributed by atoms with Crippen molar-refractivity contribution in [3.05, 3.63) is 42.3 Å². The molecule has 2 aliphatic rings. The minimum Gasteiger partial charge on any atom is -0.494 e. The predicted octanol–water partition coefficient (Wildman–Crippen LogP) is 4.14. The highest BCUT2D eigenvalue weighted by Crippen LogP contribution is 2.34. The number of piperazine rings is 1. The van der Waals surface area contributed by atoms with Gasteiger partial charge in [0.05, 0.1) is 23.0 Å². The molecule has 5 rings (SSSR count). The first-order valence-corrected chi connectivity index (χ1v) is 14.2. The molecular formula is C28H35N7O3S. The number of amides is 2. The molecular weight excluding hydrogens is 514 g/mol. The van der Waals surface area contributed by atoms with Gasteiger partial charge in [0.1, 0.15) is 11.6 Å². The minimum atomic E-state index is -0.114. The largest absolute Gasteiger partial charge is 0.494 e. The summed E-state index contributed by atoms with van der Waals surface area (Å²) in [7, 11) is 1.65. The second kappa shape index (κ2) is 11.9. The number of carbonyl (C=O) groups excluding carboxylic acids is 2. The zero-order chi connectivity index (χ0) is 27.4. The van der Waals surface area contributed by atoms with E-state index in [1.807, 2.05) is 28.5 Å². The third kappa shape index (κ3) is 6.25. The molecule has 2 fully saturated rings. The Morgan fingerprint density at radius 2 is 1.82 bits per heavy atom. The van der Waals surface area contributed by atoms with Crippen molar-refractivity contribution < 1.29 is 14.3 Å². The number of ether oxygens (including phenoxy) is 1. The number of thiophene rings is 1. The predicted molar refractivity (Wildman–Crippen MR) is 156 cm³/mol. The van der Waals surface area contributed by atoms with Gasteiger partial charge in [0.2, 0.25) is 17.8 Å². The van der Waals surface area contributed by atoms with E-state index in [1.165, 1.54) is 6.08 Å². The third-order valence-corrected chi connectivity index (χ3v) is 8.34. The van der Waals surface area contributed by atoms with Crippen LogP contribution in [0.15, 0.2) is 42.3 Å². The van der Waals surface area contributed by atoms with Crippen molar-refractivity contribution in [2.75, 3.05) is 48.8 Å². The van der Waals surface area contributed by atoms with Gasteiger partial charge in [-0.2, -0.15) is 4.98 Å². The number of hydrogen-bond acceptors (Lipinski definition) is 9. The number of anilines is 4. The molecule has 10 nitrogen and oxygen atoms in total. The maximum absolute atomic E-state index is 11.7. The normalized spacial score (nSPS) is 19.4. The standard InChI is InChI=1S/C28H35N7O3S/c1-4-25(37)29-19-5-7-20(8-6-19)30-27-26-23(11-16-39-26)32-28(33-27)31-22-10-9-21(17-24(22)38-3)35-14-12-34(13-15-35)18(2)36/h4,9-11,16-17,19-20H,1,5-8,12-15H2,2-3H3,(H,29,37)(H2,30,31,32,33). The Balaban J connectivity index is 1.29. The number of nitrogens with one attached hydrogen (secondary N) is 3. The van der Waals surface area contributed by atoms with Gasteiger partial charge >= 0.3 is 0 Å². The van der Waals surface area contributed by atoms with Crippen LogP contribution in [0, 0.1) is 0 Å². The molecule has 0 atom stereocenters. The number of rotatable bonds is 8. The summed E-state index contributed by atoms with van der Waals surface area (Å²) < 4.78 is 6.74. The number of methoxy groups -OCH3 is 1. The summed E-state index contributed by atoms with van der Waals surface area (Å²) in [6.07, 6.45) is 5.03. The van der Waals surface area contributed by atoms with Crippen molar-refractivity contribution in [2.45, 2.75) is 44.7 Å². The van der Waals surface area contributed by atoms with Gasteiger partial charge in [0.25, 0.3) is 0 Å². The average Bonchev–Trinajstić information content (AvgIpc) is 3.43. The summed E-state index contributed by atoms with van der Waals surface area (Å²) in [6, 6.07) is 8.51. The fourth-order valence-corrected chi connectivity index (χ4v) is 6.02. The van der Waals surface area contributed by atoms with Crippen molar-refractivity contribution in [2.24, 2.45) is 0 Å². The van der Waals surface area contributed by atoms with Gasteiger partial charge in [0.15, 0.2) is 0 Å². The molecule has 2 amide bonds. The number of fused-ring (bicyclic) bond motifs is 1. The van der Waals surface area contributed by atoms with E-state index in [9.17, 15) is 9.59 Å². The average molecular weight is 550 g/mol. The highest BCUT2D eigenvalue weighted by Gasteiger charge is 2.24. The van der Waals surface area contributed by atoms with Gasteiger partial charge in [-0.25, -0.2) is 4.98 Å². The van der Waals surface area contributed by atoms with Gasteiger partial charge in [-0.3, -0.25) is 9.59 Å². The molecule has 39 heavy (non-hydrogen) atoms. The molecule has 1 saturated carbocycles. The molecule has 3 N–H and O–H groups in total. The lowest BCUT2D eigenvalue weighted by molar-refractivity contribution is -0.129. The van der Waals surface area contributed by atoms with Gasteiger partial charge in [-0.05, 0) is 55.3 Å². The SMILES string of the molecule is C=CC(=O)NC1CCC(Nc2nc(Nc3ccc(N4CCN(C(C)=O)CC4)cc3OC)nc3ccsc23)CC1. The Bertz CT molecular complexity index is 1340. The van der Waals surface area contributed by atoms with Crippen molar-refractivity contribution in [1.29, 1.82) is 0 Å². The van der Waals surface area contributed by atoms with Crippen molar-refractivity contribution in [3.63, 3.8) is 0 Å². The van der Waals surface area contributed by atoms with Crippen LogP contribution < -0.4 is 25.6 Å². The molecule has 3 aromatic rings. The smallest absolute Gasteiger partial charge is 0.243 e. The molecule has 2 aromatic heterocycles. The lowest BCUT2D eigenvalue weighted by atomic mass is 9.91. The second-order valence-corrected chi connectivity index (χ2v) is 10.9. The minimum absolute atomic E-state index is 0.114. The van der Waals surface area contributed by atoms with Gasteiger partial charge in [0, 0.05) is 56.9 Å². The van der Waals surface area contributed by atoms with Crippen LogP contribution in [-0.2, 0) is 9.59 Å². The Morgan fingerprint density at radius 1 is 1.08 bits per heavy atom. The molecule has 3 heterocycles. The molecule has 0 radical (unpaired) electrons. The summed E-state index contributed by atoms with van der Waals surface area (Å²) in [4.78, 5) is 37.0. The molecule has 1 aliphatic carbocycles.